The van der Waals surface area contributed by atoms with E-state index in [4.69, 9.17) is 19.0 Å². The third kappa shape index (κ3) is 9.48. The van der Waals surface area contributed by atoms with Crippen LogP contribution in [0.1, 0.15) is 43.9 Å². The van der Waals surface area contributed by atoms with Crippen molar-refractivity contribution < 1.29 is 38.5 Å². The minimum Gasteiger partial charge on any atom is -0.458 e. The number of esters is 2. The molecule has 1 saturated heterocycles. The maximum absolute atomic E-state index is 12.4. The number of aromatic amines is 1. The molecule has 2 heterocycles. The van der Waals surface area contributed by atoms with E-state index in [-0.39, 0.29) is 13.0 Å². The van der Waals surface area contributed by atoms with Gasteiger partial charge in [0.15, 0.2) is 12.4 Å². The molecule has 1 fully saturated rings. The molecular weight excluding hydrogens is 554 g/mol. The number of hydrogen-bond donors (Lipinski definition) is 3. The summed E-state index contributed by atoms with van der Waals surface area (Å²) in [4.78, 5) is 46.3. The van der Waals surface area contributed by atoms with E-state index in [0.717, 1.165) is 29.6 Å². The van der Waals surface area contributed by atoms with Gasteiger partial charge in [0.1, 0.15) is 6.10 Å². The van der Waals surface area contributed by atoms with E-state index in [1.165, 1.54) is 30.9 Å². The fourth-order valence-electron chi connectivity index (χ4n) is 5.12. The Balaban J connectivity index is 1.25. The highest BCUT2D eigenvalue weighted by atomic mass is 16.8. The largest absolute Gasteiger partial charge is 0.458 e. The summed E-state index contributed by atoms with van der Waals surface area (Å²) in [6, 6.07) is 16.1. The zero-order valence-corrected chi connectivity index (χ0v) is 24.7. The predicted octanol–water partition coefficient (Wildman–Crippen LogP) is 3.26. The van der Waals surface area contributed by atoms with Gasteiger partial charge in [-0.3, -0.25) is 19.3 Å². The smallest absolute Gasteiger partial charge is 0.303 e. The maximum atomic E-state index is 12.4. The van der Waals surface area contributed by atoms with Gasteiger partial charge in [-0.25, -0.2) is 10.3 Å². The number of ether oxygens (including phenoxy) is 3. The lowest BCUT2D eigenvalue weighted by Gasteiger charge is -2.38. The molecule has 11 nitrogen and oxygen atoms in total. The van der Waals surface area contributed by atoms with E-state index in [9.17, 15) is 19.5 Å². The number of hydroxylamine groups is 1. The summed E-state index contributed by atoms with van der Waals surface area (Å²) in [5.74, 6) is -1.55. The first-order valence-corrected chi connectivity index (χ1v) is 14.3. The molecular formula is C32H39N3O8. The van der Waals surface area contributed by atoms with Crippen molar-refractivity contribution >= 4 is 34.8 Å². The van der Waals surface area contributed by atoms with E-state index in [2.05, 4.69) is 27.5 Å². The van der Waals surface area contributed by atoms with E-state index >= 15 is 0 Å². The van der Waals surface area contributed by atoms with Crippen LogP contribution in [0.5, 0.6) is 0 Å². The average Bonchev–Trinajstić information content (AvgIpc) is 3.39. The fourth-order valence-corrected chi connectivity index (χ4v) is 5.12. The number of aromatic nitrogens is 1. The molecule has 0 saturated carbocycles. The SMILES string of the molecule is CC(=O)O[C@H]1[C@H](C)O[C@@H](ONC(=O)/C=C/c2ccc(CN(CCO)CCc3c[nH]c4ccccc34)cc2)C[C@@H]1OC(C)=O. The molecule has 3 N–H and O–H groups in total. The van der Waals surface area contributed by atoms with E-state index < -0.39 is 42.4 Å². The first-order valence-electron chi connectivity index (χ1n) is 14.3. The van der Waals surface area contributed by atoms with Gasteiger partial charge in [0.25, 0.3) is 5.91 Å². The average molecular weight is 594 g/mol. The Labute approximate surface area is 250 Å². The Morgan fingerprint density at radius 1 is 1.07 bits per heavy atom. The van der Waals surface area contributed by atoms with Gasteiger partial charge < -0.3 is 24.3 Å². The number of fused-ring (bicyclic) bond motifs is 1. The first-order chi connectivity index (χ1) is 20.7. The number of H-pyrrole nitrogens is 1. The van der Waals surface area contributed by atoms with Crippen molar-refractivity contribution in [2.24, 2.45) is 0 Å². The van der Waals surface area contributed by atoms with Gasteiger partial charge in [0.05, 0.1) is 12.7 Å². The first kappa shape index (κ1) is 31.9. The Morgan fingerprint density at radius 2 is 1.81 bits per heavy atom. The molecule has 1 amide bonds. The number of nitrogens with one attached hydrogen (secondary N) is 2. The topological polar surface area (TPSA) is 139 Å². The molecule has 1 aliphatic rings. The number of aliphatic hydroxyl groups excluding tert-OH is 1. The van der Waals surface area contributed by atoms with Crippen LogP contribution in [0.25, 0.3) is 17.0 Å². The highest BCUT2D eigenvalue weighted by Crippen LogP contribution is 2.26. The summed E-state index contributed by atoms with van der Waals surface area (Å²) in [6.45, 7) is 6.33. The van der Waals surface area contributed by atoms with Crippen molar-refractivity contribution in [1.29, 1.82) is 0 Å². The molecule has 0 spiro atoms. The molecule has 1 aromatic heterocycles. The van der Waals surface area contributed by atoms with Gasteiger partial charge in [0.2, 0.25) is 0 Å². The highest BCUT2D eigenvalue weighted by molar-refractivity contribution is 5.91. The van der Waals surface area contributed by atoms with Crippen molar-refractivity contribution in [1.82, 2.24) is 15.4 Å². The van der Waals surface area contributed by atoms with Crippen molar-refractivity contribution in [2.75, 3.05) is 19.7 Å². The third-order valence-corrected chi connectivity index (χ3v) is 7.13. The number of hydrogen-bond acceptors (Lipinski definition) is 9. The minimum absolute atomic E-state index is 0.0718. The number of carbonyl (C=O) groups is 3. The molecule has 4 atom stereocenters. The lowest BCUT2D eigenvalue weighted by atomic mass is 10.0. The van der Waals surface area contributed by atoms with Gasteiger partial charge in [-0.15, -0.1) is 0 Å². The molecule has 4 rings (SSSR count). The number of para-hydroxylation sites is 1. The fraction of sp³-hybridized carbons (Fsp3) is 0.406. The summed E-state index contributed by atoms with van der Waals surface area (Å²) in [7, 11) is 0. The Bertz CT molecular complexity index is 1400. The molecule has 0 aliphatic carbocycles. The summed E-state index contributed by atoms with van der Waals surface area (Å²) < 4.78 is 16.2. The third-order valence-electron chi connectivity index (χ3n) is 7.13. The number of aliphatic hydroxyl groups is 1. The molecule has 11 heteroatoms. The van der Waals surface area contributed by atoms with E-state index in [0.29, 0.717) is 13.1 Å². The quantitative estimate of drug-likeness (QED) is 0.155. The molecule has 0 bridgehead atoms. The van der Waals surface area contributed by atoms with Gasteiger partial charge >= 0.3 is 11.9 Å². The van der Waals surface area contributed by atoms with Crippen LogP contribution < -0.4 is 5.48 Å². The van der Waals surface area contributed by atoms with Crippen LogP contribution in [0, 0.1) is 0 Å². The Hall–Kier alpha value is -4.03. The van der Waals surface area contributed by atoms with Gasteiger partial charge in [-0.1, -0.05) is 42.5 Å². The molecule has 3 aromatic rings. The normalized spacial score (nSPS) is 20.4. The van der Waals surface area contributed by atoms with Crippen molar-refractivity contribution in [3.63, 3.8) is 0 Å². The molecule has 230 valence electrons. The van der Waals surface area contributed by atoms with Crippen molar-refractivity contribution in [3.8, 4) is 0 Å². The highest BCUT2D eigenvalue weighted by Gasteiger charge is 2.41. The second-order valence-corrected chi connectivity index (χ2v) is 10.5. The van der Waals surface area contributed by atoms with E-state index in [1.54, 1.807) is 13.0 Å². The number of nitrogens with zero attached hydrogens (tertiary/aromatic N) is 1. The van der Waals surface area contributed by atoms with Crippen LogP contribution in [0.4, 0.5) is 0 Å². The molecule has 2 aromatic carbocycles. The predicted molar refractivity (Wildman–Crippen MR) is 159 cm³/mol. The number of rotatable bonds is 13. The van der Waals surface area contributed by atoms with Crippen LogP contribution in [-0.2, 0) is 46.4 Å². The number of carbonyl (C=O) groups excluding carboxylic acids is 3. The number of benzene rings is 2. The lowest BCUT2D eigenvalue weighted by Crippen LogP contribution is -2.52. The molecule has 43 heavy (non-hydrogen) atoms. The second kappa shape index (κ2) is 15.4. The Morgan fingerprint density at radius 3 is 2.53 bits per heavy atom. The number of amides is 1. The van der Waals surface area contributed by atoms with Gasteiger partial charge in [-0.2, -0.15) is 0 Å². The van der Waals surface area contributed by atoms with Gasteiger partial charge in [0, 0.05) is 63.1 Å². The van der Waals surface area contributed by atoms with Crippen molar-refractivity contribution in [2.45, 2.75) is 64.8 Å². The second-order valence-electron chi connectivity index (χ2n) is 10.5. The maximum Gasteiger partial charge on any atom is 0.303 e. The lowest BCUT2D eigenvalue weighted by molar-refractivity contribution is -0.268. The van der Waals surface area contributed by atoms with E-state index in [1.807, 2.05) is 42.6 Å². The summed E-state index contributed by atoms with van der Waals surface area (Å²) >= 11 is 0. The van der Waals surface area contributed by atoms with Crippen LogP contribution in [0.2, 0.25) is 0 Å². The molecule has 0 unspecified atom stereocenters. The van der Waals surface area contributed by atoms with Crippen LogP contribution in [0.3, 0.4) is 0 Å². The minimum atomic E-state index is -0.902. The molecule has 0 radical (unpaired) electrons. The zero-order valence-electron chi connectivity index (χ0n) is 24.7. The molecule has 1 aliphatic heterocycles. The van der Waals surface area contributed by atoms with Crippen LogP contribution >= 0.6 is 0 Å². The summed E-state index contributed by atoms with van der Waals surface area (Å²) in [5.41, 5.74) is 6.62. The van der Waals surface area contributed by atoms with Crippen LogP contribution in [-0.4, -0.2) is 77.1 Å². The standard InChI is InChI=1S/C32H39N3O8/c1-21-32(42-23(3)38)29(41-22(2)37)18-31(40-21)43-34-30(39)13-12-24-8-10-25(11-9-24)20-35(16-17-36)15-14-26-19-33-28-7-5-4-6-27(26)28/h4-13,19,21,29,31-33,36H,14-18,20H2,1-3H3,(H,34,39)/b13-12+/t21-,29-,31-,32-/m0/s1. The monoisotopic (exact) mass is 593 g/mol. The van der Waals surface area contributed by atoms with Gasteiger partial charge in [-0.05, 0) is 42.2 Å². The zero-order chi connectivity index (χ0) is 30.8. The Kier molecular flexibility index (Phi) is 11.5. The summed E-state index contributed by atoms with van der Waals surface area (Å²) in [6.07, 6.45) is 2.90. The summed E-state index contributed by atoms with van der Waals surface area (Å²) in [5, 5.41) is 10.8. The van der Waals surface area contributed by atoms with Crippen LogP contribution in [0.15, 0.2) is 60.8 Å². The van der Waals surface area contributed by atoms with Crippen molar-refractivity contribution in [3.05, 3.63) is 77.5 Å².